The SMILES string of the molecule is Cc1cc(F)ccc1-c1cccn2nc(NC3CCc4cnn(C)c4C3)nc12. The predicted molar refractivity (Wildman–Crippen MR) is 106 cm³/mol. The quantitative estimate of drug-likeness (QED) is 0.594. The Hall–Kier alpha value is -3.22. The summed E-state index contributed by atoms with van der Waals surface area (Å²) in [6.45, 7) is 1.91. The zero-order valence-electron chi connectivity index (χ0n) is 15.9. The van der Waals surface area contributed by atoms with Crippen LogP contribution in [0.25, 0.3) is 16.8 Å². The molecule has 142 valence electrons. The summed E-state index contributed by atoms with van der Waals surface area (Å²) in [7, 11) is 1.99. The maximum Gasteiger partial charge on any atom is 0.243 e. The van der Waals surface area contributed by atoms with Crippen LogP contribution in [0.4, 0.5) is 10.3 Å². The maximum atomic E-state index is 13.5. The van der Waals surface area contributed by atoms with Crippen molar-refractivity contribution in [3.8, 4) is 11.1 Å². The lowest BCUT2D eigenvalue weighted by Gasteiger charge is -2.23. The average Bonchev–Trinajstić information content (AvgIpc) is 3.25. The van der Waals surface area contributed by atoms with E-state index in [9.17, 15) is 4.39 Å². The molecule has 1 aliphatic carbocycles. The second kappa shape index (κ2) is 6.44. The number of aromatic nitrogens is 5. The number of pyridine rings is 1. The number of nitrogens with one attached hydrogen (secondary N) is 1. The molecule has 28 heavy (non-hydrogen) atoms. The smallest absolute Gasteiger partial charge is 0.243 e. The molecule has 0 fully saturated rings. The summed E-state index contributed by atoms with van der Waals surface area (Å²) in [6.07, 6.45) is 6.79. The number of rotatable bonds is 3. The van der Waals surface area contributed by atoms with E-state index in [1.54, 1.807) is 16.6 Å². The molecule has 1 N–H and O–H groups in total. The highest BCUT2D eigenvalue weighted by Gasteiger charge is 2.23. The van der Waals surface area contributed by atoms with Crippen molar-refractivity contribution in [3.63, 3.8) is 0 Å². The molecule has 6 nitrogen and oxygen atoms in total. The van der Waals surface area contributed by atoms with Gasteiger partial charge in [-0.25, -0.2) is 8.91 Å². The Morgan fingerprint density at radius 3 is 2.96 bits per heavy atom. The van der Waals surface area contributed by atoms with Gasteiger partial charge >= 0.3 is 0 Å². The summed E-state index contributed by atoms with van der Waals surface area (Å²) in [5.74, 6) is 0.381. The fourth-order valence-corrected chi connectivity index (χ4v) is 4.06. The highest BCUT2D eigenvalue weighted by molar-refractivity contribution is 5.79. The van der Waals surface area contributed by atoms with Crippen LogP contribution in [0.15, 0.2) is 42.7 Å². The molecule has 0 saturated carbocycles. The second-order valence-electron chi connectivity index (χ2n) is 7.41. The lowest BCUT2D eigenvalue weighted by Crippen LogP contribution is -2.28. The number of halogens is 1. The third-order valence-electron chi connectivity index (χ3n) is 5.52. The molecule has 1 unspecified atom stereocenters. The molecule has 3 heterocycles. The van der Waals surface area contributed by atoms with E-state index >= 15 is 0 Å². The molecule has 0 bridgehead atoms. The summed E-state index contributed by atoms with van der Waals surface area (Å²) in [5.41, 5.74) is 6.15. The number of benzene rings is 1. The predicted octanol–water partition coefficient (Wildman–Crippen LogP) is 3.55. The zero-order valence-corrected chi connectivity index (χ0v) is 15.9. The Kier molecular flexibility index (Phi) is 3.89. The molecule has 3 aromatic heterocycles. The van der Waals surface area contributed by atoms with Gasteiger partial charge in [0.2, 0.25) is 5.95 Å². The van der Waals surface area contributed by atoms with Crippen LogP contribution >= 0.6 is 0 Å². The monoisotopic (exact) mass is 376 g/mol. The molecule has 0 radical (unpaired) electrons. The number of nitrogens with zero attached hydrogens (tertiary/aromatic N) is 5. The normalized spacial score (nSPS) is 16.3. The topological polar surface area (TPSA) is 60.0 Å². The van der Waals surface area contributed by atoms with Gasteiger partial charge in [0.15, 0.2) is 5.65 Å². The van der Waals surface area contributed by atoms with E-state index in [1.165, 1.54) is 17.3 Å². The molecular formula is C21H21FN6. The summed E-state index contributed by atoms with van der Waals surface area (Å²) in [5, 5.41) is 12.5. The van der Waals surface area contributed by atoms with E-state index in [0.717, 1.165) is 41.6 Å². The van der Waals surface area contributed by atoms with Crippen LogP contribution in [0.3, 0.4) is 0 Å². The van der Waals surface area contributed by atoms with Crippen molar-refractivity contribution in [1.29, 1.82) is 0 Å². The van der Waals surface area contributed by atoms with Crippen molar-refractivity contribution in [2.75, 3.05) is 5.32 Å². The fourth-order valence-electron chi connectivity index (χ4n) is 4.06. The summed E-state index contributed by atoms with van der Waals surface area (Å²) in [4.78, 5) is 4.74. The van der Waals surface area contributed by atoms with Gasteiger partial charge in [-0.2, -0.15) is 10.1 Å². The van der Waals surface area contributed by atoms with Crippen molar-refractivity contribution in [1.82, 2.24) is 24.4 Å². The first-order valence-electron chi connectivity index (χ1n) is 9.46. The third-order valence-corrected chi connectivity index (χ3v) is 5.52. The summed E-state index contributed by atoms with van der Waals surface area (Å²) in [6, 6.07) is 9.03. The standard InChI is InChI=1S/C21H21FN6/c1-13-10-15(22)6-8-17(13)18-4-3-9-28-20(18)25-21(26-28)24-16-7-5-14-12-23-27(2)19(14)11-16/h3-4,6,8-10,12,16H,5,7,11H2,1-2H3,(H,24,26). The van der Waals surface area contributed by atoms with Gasteiger partial charge in [0.05, 0.1) is 6.20 Å². The van der Waals surface area contributed by atoms with E-state index in [2.05, 4.69) is 15.5 Å². The van der Waals surface area contributed by atoms with E-state index in [-0.39, 0.29) is 11.9 Å². The van der Waals surface area contributed by atoms with E-state index in [4.69, 9.17) is 4.98 Å². The van der Waals surface area contributed by atoms with Gasteiger partial charge in [0, 0.05) is 37.0 Å². The van der Waals surface area contributed by atoms with Crippen LogP contribution in [0.5, 0.6) is 0 Å². The van der Waals surface area contributed by atoms with Crippen LogP contribution in [0.1, 0.15) is 23.2 Å². The third kappa shape index (κ3) is 2.83. The van der Waals surface area contributed by atoms with Crippen molar-refractivity contribution in [3.05, 3.63) is 65.4 Å². The lowest BCUT2D eigenvalue weighted by molar-refractivity contribution is 0.571. The van der Waals surface area contributed by atoms with Gasteiger partial charge in [-0.3, -0.25) is 4.68 Å². The van der Waals surface area contributed by atoms with Gasteiger partial charge in [-0.1, -0.05) is 6.07 Å². The maximum absolute atomic E-state index is 13.5. The van der Waals surface area contributed by atoms with Crippen molar-refractivity contribution in [2.24, 2.45) is 7.05 Å². The minimum atomic E-state index is -0.233. The highest BCUT2D eigenvalue weighted by atomic mass is 19.1. The zero-order chi connectivity index (χ0) is 19.3. The number of fused-ring (bicyclic) bond motifs is 2. The van der Waals surface area contributed by atoms with Gasteiger partial charge in [0.25, 0.3) is 0 Å². The minimum absolute atomic E-state index is 0.233. The number of aryl methyl sites for hydroxylation is 3. The van der Waals surface area contributed by atoms with Crippen LogP contribution in [0, 0.1) is 12.7 Å². The van der Waals surface area contributed by atoms with Crippen LogP contribution in [-0.2, 0) is 19.9 Å². The largest absolute Gasteiger partial charge is 0.350 e. The molecule has 4 aromatic rings. The summed E-state index contributed by atoms with van der Waals surface area (Å²) >= 11 is 0. The molecule has 0 saturated heterocycles. The number of hydrogen-bond acceptors (Lipinski definition) is 4. The van der Waals surface area contributed by atoms with Gasteiger partial charge in [-0.15, -0.1) is 5.10 Å². The molecule has 0 spiro atoms. The highest BCUT2D eigenvalue weighted by Crippen LogP contribution is 2.28. The first-order chi connectivity index (χ1) is 13.6. The molecule has 1 atom stereocenters. The van der Waals surface area contributed by atoms with E-state index in [1.807, 2.05) is 43.2 Å². The van der Waals surface area contributed by atoms with E-state index in [0.29, 0.717) is 5.95 Å². The Morgan fingerprint density at radius 1 is 1.21 bits per heavy atom. The first-order valence-corrected chi connectivity index (χ1v) is 9.46. The summed E-state index contributed by atoms with van der Waals surface area (Å²) < 4.78 is 17.2. The molecule has 7 heteroatoms. The molecule has 1 aromatic carbocycles. The Bertz CT molecular complexity index is 1180. The van der Waals surface area contributed by atoms with Crippen molar-refractivity contribution < 1.29 is 4.39 Å². The van der Waals surface area contributed by atoms with Gasteiger partial charge in [-0.05, 0) is 60.7 Å². The molecular weight excluding hydrogens is 355 g/mol. The van der Waals surface area contributed by atoms with Crippen molar-refractivity contribution in [2.45, 2.75) is 32.2 Å². The Labute approximate surface area is 162 Å². The lowest BCUT2D eigenvalue weighted by atomic mass is 9.94. The molecule has 1 aliphatic rings. The van der Waals surface area contributed by atoms with Gasteiger partial charge in [0.1, 0.15) is 5.82 Å². The van der Waals surface area contributed by atoms with Crippen LogP contribution < -0.4 is 5.32 Å². The Balaban J connectivity index is 1.47. The fraction of sp³-hybridized carbons (Fsp3) is 0.286. The number of anilines is 1. The Morgan fingerprint density at radius 2 is 2.11 bits per heavy atom. The van der Waals surface area contributed by atoms with Crippen LogP contribution in [0.2, 0.25) is 0 Å². The van der Waals surface area contributed by atoms with E-state index < -0.39 is 0 Å². The average molecular weight is 376 g/mol. The second-order valence-corrected chi connectivity index (χ2v) is 7.41. The number of hydrogen-bond donors (Lipinski definition) is 1. The van der Waals surface area contributed by atoms with Gasteiger partial charge < -0.3 is 5.32 Å². The molecule has 0 aliphatic heterocycles. The van der Waals surface area contributed by atoms with Crippen molar-refractivity contribution >= 4 is 11.6 Å². The molecule has 0 amide bonds. The molecule has 5 rings (SSSR count). The first kappa shape index (κ1) is 16.9. The minimum Gasteiger partial charge on any atom is -0.350 e. The van der Waals surface area contributed by atoms with Crippen LogP contribution in [-0.4, -0.2) is 30.4 Å².